The topological polar surface area (TPSA) is 108 Å². The van der Waals surface area contributed by atoms with Crippen molar-refractivity contribution in [1.82, 2.24) is 10.6 Å². The number of benzene rings is 1. The number of rotatable bonds is 4. The van der Waals surface area contributed by atoms with E-state index in [9.17, 15) is 18.0 Å². The zero-order chi connectivity index (χ0) is 17.0. The standard InChI is InChI=1S/C14H20N4O4S/c1-10(13(19)17-14(20)15-2)16-11-4-6-12(7-5-11)18-8-3-9-23(18,21)22/h4-7,10,16H,3,8-9H2,1-2H3,(H2,15,17,19,20)/t10-/m0/s1. The second-order valence-corrected chi connectivity index (χ2v) is 7.24. The Hall–Kier alpha value is -2.29. The predicted molar refractivity (Wildman–Crippen MR) is 87.9 cm³/mol. The Labute approximate surface area is 135 Å². The highest BCUT2D eigenvalue weighted by atomic mass is 32.2. The Kier molecular flexibility index (Phi) is 5.09. The van der Waals surface area contributed by atoms with Gasteiger partial charge in [-0.15, -0.1) is 0 Å². The van der Waals surface area contributed by atoms with Crippen LogP contribution in [0.25, 0.3) is 0 Å². The van der Waals surface area contributed by atoms with Gasteiger partial charge in [0.25, 0.3) is 0 Å². The molecule has 0 aliphatic carbocycles. The monoisotopic (exact) mass is 340 g/mol. The molecule has 1 aliphatic heterocycles. The van der Waals surface area contributed by atoms with Gasteiger partial charge in [0.05, 0.1) is 11.4 Å². The van der Waals surface area contributed by atoms with E-state index in [1.807, 2.05) is 0 Å². The van der Waals surface area contributed by atoms with Gasteiger partial charge in [-0.05, 0) is 37.6 Å². The van der Waals surface area contributed by atoms with Gasteiger partial charge in [-0.25, -0.2) is 13.2 Å². The maximum absolute atomic E-state index is 11.9. The number of carbonyl (C=O) groups is 2. The molecule has 9 heteroatoms. The lowest BCUT2D eigenvalue weighted by Crippen LogP contribution is -2.44. The fourth-order valence-corrected chi connectivity index (χ4v) is 3.82. The first-order valence-corrected chi connectivity index (χ1v) is 8.84. The molecule has 0 aromatic heterocycles. The van der Waals surface area contributed by atoms with Crippen LogP contribution in [0.2, 0.25) is 0 Å². The first kappa shape index (κ1) is 17.1. The Bertz CT molecular complexity index is 687. The van der Waals surface area contributed by atoms with Crippen LogP contribution < -0.4 is 20.3 Å². The molecule has 0 bridgehead atoms. The van der Waals surface area contributed by atoms with Crippen molar-refractivity contribution >= 4 is 33.3 Å². The molecule has 3 N–H and O–H groups in total. The highest BCUT2D eigenvalue weighted by Crippen LogP contribution is 2.25. The Morgan fingerprint density at radius 1 is 1.22 bits per heavy atom. The van der Waals surface area contributed by atoms with E-state index >= 15 is 0 Å². The lowest BCUT2D eigenvalue weighted by atomic mass is 10.2. The van der Waals surface area contributed by atoms with Gasteiger partial charge in [0, 0.05) is 19.3 Å². The minimum atomic E-state index is -3.20. The number of imide groups is 1. The summed E-state index contributed by atoms with van der Waals surface area (Å²) < 4.78 is 25.1. The molecule has 8 nitrogen and oxygen atoms in total. The molecular formula is C14H20N4O4S. The summed E-state index contributed by atoms with van der Waals surface area (Å²) in [4.78, 5) is 22.9. The fraction of sp³-hybridized carbons (Fsp3) is 0.429. The third-order valence-electron chi connectivity index (χ3n) is 3.49. The zero-order valence-corrected chi connectivity index (χ0v) is 13.8. The number of sulfonamides is 1. The number of hydrogen-bond acceptors (Lipinski definition) is 5. The van der Waals surface area contributed by atoms with E-state index in [0.29, 0.717) is 24.3 Å². The van der Waals surface area contributed by atoms with Crippen LogP contribution in [-0.2, 0) is 14.8 Å². The van der Waals surface area contributed by atoms with E-state index in [-0.39, 0.29) is 5.75 Å². The smallest absolute Gasteiger partial charge is 0.321 e. The van der Waals surface area contributed by atoms with Crippen LogP contribution in [0.15, 0.2) is 24.3 Å². The molecule has 126 valence electrons. The molecule has 1 saturated heterocycles. The van der Waals surface area contributed by atoms with Crippen LogP contribution in [0.3, 0.4) is 0 Å². The van der Waals surface area contributed by atoms with Crippen molar-refractivity contribution in [2.45, 2.75) is 19.4 Å². The SMILES string of the molecule is CNC(=O)NC(=O)[C@H](C)Nc1ccc(N2CCCS2(=O)=O)cc1. The molecule has 0 unspecified atom stereocenters. The molecule has 1 fully saturated rings. The van der Waals surface area contributed by atoms with Gasteiger partial charge in [0.1, 0.15) is 6.04 Å². The molecule has 1 aliphatic rings. The highest BCUT2D eigenvalue weighted by Gasteiger charge is 2.28. The predicted octanol–water partition coefficient (Wildman–Crippen LogP) is 0.483. The lowest BCUT2D eigenvalue weighted by Gasteiger charge is -2.18. The molecular weight excluding hydrogens is 320 g/mol. The van der Waals surface area contributed by atoms with Crippen LogP contribution in [0, 0.1) is 0 Å². The maximum Gasteiger partial charge on any atom is 0.321 e. The minimum absolute atomic E-state index is 0.170. The van der Waals surface area contributed by atoms with E-state index < -0.39 is 28.0 Å². The second-order valence-electron chi connectivity index (χ2n) is 5.22. The first-order valence-electron chi connectivity index (χ1n) is 7.23. The van der Waals surface area contributed by atoms with Gasteiger partial charge in [0.2, 0.25) is 15.9 Å². The third-order valence-corrected chi connectivity index (χ3v) is 5.36. The fourth-order valence-electron chi connectivity index (χ4n) is 2.25. The van der Waals surface area contributed by atoms with Crippen molar-refractivity contribution in [1.29, 1.82) is 0 Å². The molecule has 3 amide bonds. The summed E-state index contributed by atoms with van der Waals surface area (Å²) in [5.74, 6) is -0.292. The zero-order valence-electron chi connectivity index (χ0n) is 13.0. The average molecular weight is 340 g/mol. The summed E-state index contributed by atoms with van der Waals surface area (Å²) >= 11 is 0. The Morgan fingerprint density at radius 3 is 2.39 bits per heavy atom. The van der Waals surface area contributed by atoms with Crippen molar-refractivity contribution in [2.24, 2.45) is 0 Å². The number of anilines is 2. The number of urea groups is 1. The third kappa shape index (κ3) is 4.13. The van der Waals surface area contributed by atoms with E-state index in [4.69, 9.17) is 0 Å². The van der Waals surface area contributed by atoms with Crippen LogP contribution in [0.5, 0.6) is 0 Å². The summed E-state index contributed by atoms with van der Waals surface area (Å²) in [6, 6.07) is 5.59. The quantitative estimate of drug-likeness (QED) is 0.739. The van der Waals surface area contributed by atoms with Gasteiger partial charge >= 0.3 is 6.03 Å². The molecule has 0 saturated carbocycles. The normalized spacial score (nSPS) is 17.4. The molecule has 1 heterocycles. The van der Waals surface area contributed by atoms with Crippen molar-refractivity contribution in [3.63, 3.8) is 0 Å². The molecule has 23 heavy (non-hydrogen) atoms. The number of nitrogens with one attached hydrogen (secondary N) is 3. The van der Waals surface area contributed by atoms with E-state index in [1.165, 1.54) is 11.4 Å². The van der Waals surface area contributed by atoms with Crippen molar-refractivity contribution in [3.8, 4) is 0 Å². The van der Waals surface area contributed by atoms with Gasteiger partial charge in [0.15, 0.2) is 0 Å². The van der Waals surface area contributed by atoms with Crippen molar-refractivity contribution in [3.05, 3.63) is 24.3 Å². The molecule has 0 radical (unpaired) electrons. The summed E-state index contributed by atoms with van der Waals surface area (Å²) in [5.41, 5.74) is 1.26. The molecule has 0 spiro atoms. The largest absolute Gasteiger partial charge is 0.374 e. The number of hydrogen-bond donors (Lipinski definition) is 3. The summed E-state index contributed by atoms with van der Waals surface area (Å²) in [5, 5.41) is 7.43. The Balaban J connectivity index is 2.00. The molecule has 1 atom stereocenters. The van der Waals surface area contributed by atoms with Crippen LogP contribution in [0.1, 0.15) is 13.3 Å². The van der Waals surface area contributed by atoms with Gasteiger partial charge in [-0.2, -0.15) is 0 Å². The number of carbonyl (C=O) groups excluding carboxylic acids is 2. The maximum atomic E-state index is 11.9. The van der Waals surface area contributed by atoms with Gasteiger partial charge < -0.3 is 10.6 Å². The number of amides is 3. The Morgan fingerprint density at radius 2 is 1.87 bits per heavy atom. The van der Waals surface area contributed by atoms with Crippen molar-refractivity contribution < 1.29 is 18.0 Å². The lowest BCUT2D eigenvalue weighted by molar-refractivity contribution is -0.120. The average Bonchev–Trinajstić information content (AvgIpc) is 2.87. The van der Waals surface area contributed by atoms with Gasteiger partial charge in [-0.1, -0.05) is 0 Å². The number of nitrogens with zero attached hydrogens (tertiary/aromatic N) is 1. The van der Waals surface area contributed by atoms with Crippen LogP contribution in [-0.4, -0.2) is 45.7 Å². The molecule has 1 aromatic rings. The van der Waals surface area contributed by atoms with Crippen molar-refractivity contribution in [2.75, 3.05) is 29.0 Å². The summed E-state index contributed by atoms with van der Waals surface area (Å²) in [6.07, 6.45) is 0.624. The molecule has 2 rings (SSSR count). The first-order chi connectivity index (χ1) is 10.8. The molecule has 1 aromatic carbocycles. The van der Waals surface area contributed by atoms with Crippen LogP contribution >= 0.6 is 0 Å². The van der Waals surface area contributed by atoms with Crippen LogP contribution in [0.4, 0.5) is 16.2 Å². The minimum Gasteiger partial charge on any atom is -0.374 e. The highest BCUT2D eigenvalue weighted by molar-refractivity contribution is 7.93. The van der Waals surface area contributed by atoms with Gasteiger partial charge in [-0.3, -0.25) is 14.4 Å². The van der Waals surface area contributed by atoms with E-state index in [0.717, 1.165) is 0 Å². The van der Waals surface area contributed by atoms with E-state index in [2.05, 4.69) is 16.0 Å². The van der Waals surface area contributed by atoms with E-state index in [1.54, 1.807) is 31.2 Å². The second kappa shape index (κ2) is 6.86. The summed E-state index contributed by atoms with van der Waals surface area (Å²) in [6.45, 7) is 2.11. The summed E-state index contributed by atoms with van der Waals surface area (Å²) in [7, 11) is -1.78.